The van der Waals surface area contributed by atoms with Crippen LogP contribution in [0.5, 0.6) is 0 Å². The molecule has 0 radical (unpaired) electrons. The summed E-state index contributed by atoms with van der Waals surface area (Å²) in [4.78, 5) is 13.1. The third-order valence-corrected chi connectivity index (χ3v) is 8.53. The fourth-order valence-corrected chi connectivity index (χ4v) is 6.76. The summed E-state index contributed by atoms with van der Waals surface area (Å²) in [6.07, 6.45) is 3.91. The van der Waals surface area contributed by atoms with Crippen LogP contribution in [0.1, 0.15) is 52.7 Å². The largest absolute Gasteiger partial charge is 0.378 e. The highest BCUT2D eigenvalue weighted by molar-refractivity contribution is 6.44. The van der Waals surface area contributed by atoms with Gasteiger partial charge in [0.15, 0.2) is 0 Å². The van der Waals surface area contributed by atoms with Crippen molar-refractivity contribution in [3.8, 4) is 0 Å². The number of anilines is 2. The second-order valence-corrected chi connectivity index (χ2v) is 10.1. The van der Waals surface area contributed by atoms with E-state index in [0.717, 1.165) is 11.6 Å². The summed E-state index contributed by atoms with van der Waals surface area (Å²) in [6.45, 7) is 0. The van der Waals surface area contributed by atoms with Crippen molar-refractivity contribution in [1.29, 1.82) is 0 Å². The number of amides is 1. The minimum absolute atomic E-state index is 0.165. The smallest absolute Gasteiger partial charge is 0.255 e. The van der Waals surface area contributed by atoms with E-state index in [-0.39, 0.29) is 5.91 Å². The zero-order valence-electron chi connectivity index (χ0n) is 17.5. The highest BCUT2D eigenvalue weighted by Crippen LogP contribution is 2.63. The molecule has 2 bridgehead atoms. The van der Waals surface area contributed by atoms with Crippen molar-refractivity contribution in [1.82, 2.24) is 0 Å². The van der Waals surface area contributed by atoms with E-state index < -0.39 is 0 Å². The lowest BCUT2D eigenvalue weighted by atomic mass is 9.68. The normalized spacial score (nSPS) is 27.4. The number of hydrogen-bond acceptors (Lipinski definition) is 2. The van der Waals surface area contributed by atoms with Crippen molar-refractivity contribution in [3.05, 3.63) is 93.5 Å². The van der Waals surface area contributed by atoms with Gasteiger partial charge in [-0.05, 0) is 84.4 Å². The van der Waals surface area contributed by atoms with Crippen molar-refractivity contribution < 1.29 is 4.79 Å². The lowest BCUT2D eigenvalue weighted by Gasteiger charge is -2.43. The lowest BCUT2D eigenvalue weighted by Crippen LogP contribution is -2.35. The summed E-state index contributed by atoms with van der Waals surface area (Å²) < 4.78 is 0. The Kier molecular flexibility index (Phi) is 4.93. The summed E-state index contributed by atoms with van der Waals surface area (Å²) in [5.74, 6) is 2.36. The van der Waals surface area contributed by atoms with Crippen LogP contribution in [0.3, 0.4) is 0 Å². The van der Waals surface area contributed by atoms with Gasteiger partial charge in [0.25, 0.3) is 5.91 Å². The Morgan fingerprint density at radius 2 is 1.75 bits per heavy atom. The zero-order valence-corrected chi connectivity index (χ0v) is 19.0. The fourth-order valence-electron chi connectivity index (χ4n) is 6.41. The Bertz CT molecular complexity index is 1200. The second kappa shape index (κ2) is 7.83. The van der Waals surface area contributed by atoms with E-state index in [4.69, 9.17) is 23.2 Å². The fraction of sp³-hybridized carbons (Fsp3) is 0.296. The first-order chi connectivity index (χ1) is 15.6. The van der Waals surface area contributed by atoms with Gasteiger partial charge in [-0.1, -0.05) is 59.6 Å². The zero-order chi connectivity index (χ0) is 21.8. The number of carbonyl (C=O) groups excluding carboxylic acids is 1. The maximum absolute atomic E-state index is 13.1. The molecule has 0 spiro atoms. The van der Waals surface area contributed by atoms with Crippen molar-refractivity contribution in [3.63, 3.8) is 0 Å². The number of rotatable bonds is 3. The summed E-state index contributed by atoms with van der Waals surface area (Å²) >= 11 is 12.4. The average molecular weight is 463 g/mol. The van der Waals surface area contributed by atoms with Crippen LogP contribution in [0.2, 0.25) is 10.0 Å². The van der Waals surface area contributed by atoms with Crippen LogP contribution >= 0.6 is 23.2 Å². The first kappa shape index (κ1) is 20.1. The number of halogens is 2. The second-order valence-electron chi connectivity index (χ2n) is 9.33. The third-order valence-electron chi connectivity index (χ3n) is 7.71. The molecule has 0 unspecified atom stereocenters. The maximum atomic E-state index is 13.1. The van der Waals surface area contributed by atoms with Gasteiger partial charge in [-0.2, -0.15) is 0 Å². The van der Waals surface area contributed by atoms with Gasteiger partial charge in [0.2, 0.25) is 0 Å². The summed E-state index contributed by atoms with van der Waals surface area (Å²) in [6, 6.07) is 22.5. The summed E-state index contributed by atoms with van der Waals surface area (Å²) in [5, 5.41) is 7.55. The molecule has 2 N–H and O–H groups in total. The predicted octanol–water partition coefficient (Wildman–Crippen LogP) is 7.54. The highest BCUT2D eigenvalue weighted by atomic mass is 35.5. The molecule has 1 aliphatic heterocycles. The maximum Gasteiger partial charge on any atom is 0.255 e. The molecule has 3 aromatic carbocycles. The molecule has 2 fully saturated rings. The summed E-state index contributed by atoms with van der Waals surface area (Å²) in [7, 11) is 0. The quantitative estimate of drug-likeness (QED) is 0.421. The SMILES string of the molecule is O=C(Nc1cccc(Cl)c1Cl)c1ccc2c(c1)[C@@H]1[C@H]3CC[C@@H](C3)[C@H]1[C@@H](c1ccccc1)N2. The molecule has 6 rings (SSSR count). The molecule has 2 saturated carbocycles. The van der Waals surface area contributed by atoms with Crippen LogP contribution in [0.15, 0.2) is 66.7 Å². The van der Waals surface area contributed by atoms with Crippen molar-refractivity contribution in [2.75, 3.05) is 10.6 Å². The topological polar surface area (TPSA) is 41.1 Å². The van der Waals surface area contributed by atoms with Gasteiger partial charge in [0, 0.05) is 11.3 Å². The van der Waals surface area contributed by atoms with Crippen molar-refractivity contribution >= 4 is 40.5 Å². The Balaban J connectivity index is 1.35. The molecule has 0 saturated heterocycles. The van der Waals surface area contributed by atoms with E-state index in [0.29, 0.717) is 45.1 Å². The Morgan fingerprint density at radius 3 is 2.59 bits per heavy atom. The molecule has 3 aliphatic rings. The van der Waals surface area contributed by atoms with E-state index in [1.54, 1.807) is 18.2 Å². The van der Waals surface area contributed by atoms with Gasteiger partial charge < -0.3 is 10.6 Å². The van der Waals surface area contributed by atoms with Crippen molar-refractivity contribution in [2.45, 2.75) is 31.2 Å². The first-order valence-corrected chi connectivity index (χ1v) is 12.1. The third kappa shape index (κ3) is 3.22. The monoisotopic (exact) mass is 462 g/mol. The van der Waals surface area contributed by atoms with Crippen LogP contribution in [-0.2, 0) is 0 Å². The molecule has 5 atom stereocenters. The number of nitrogens with one attached hydrogen (secondary N) is 2. The lowest BCUT2D eigenvalue weighted by molar-refractivity contribution is 0.102. The van der Waals surface area contributed by atoms with Gasteiger partial charge >= 0.3 is 0 Å². The molecule has 1 amide bonds. The standard InChI is InChI=1S/C27H24Cl2N2O/c28-20-7-4-8-22(25(20)29)31-27(32)18-11-12-21-19(14-18)23-16-9-10-17(13-16)24(23)26(30-21)15-5-2-1-3-6-15/h1-8,11-12,14,16-17,23-24,26,30H,9-10,13H2,(H,31,32)/t16-,17-,23-,24+,26+/m0/s1. The van der Waals surface area contributed by atoms with Crippen LogP contribution in [0, 0.1) is 17.8 Å². The van der Waals surface area contributed by atoms with E-state index in [1.165, 1.54) is 30.4 Å². The number of hydrogen-bond donors (Lipinski definition) is 2. The first-order valence-electron chi connectivity index (χ1n) is 11.3. The number of carbonyl (C=O) groups is 1. The highest BCUT2D eigenvalue weighted by Gasteiger charge is 2.53. The molecular weight excluding hydrogens is 439 g/mol. The molecule has 3 nitrogen and oxygen atoms in total. The van der Waals surface area contributed by atoms with Crippen molar-refractivity contribution in [2.24, 2.45) is 17.8 Å². The molecule has 1 heterocycles. The molecule has 0 aromatic heterocycles. The van der Waals surface area contributed by atoms with Gasteiger partial charge in [-0.15, -0.1) is 0 Å². The van der Waals surface area contributed by atoms with E-state index in [1.807, 2.05) is 6.07 Å². The van der Waals surface area contributed by atoms with Gasteiger partial charge in [-0.25, -0.2) is 0 Å². The molecule has 5 heteroatoms. The molecule has 162 valence electrons. The van der Waals surface area contributed by atoms with E-state index in [9.17, 15) is 4.79 Å². The molecule has 2 aliphatic carbocycles. The van der Waals surface area contributed by atoms with Crippen LogP contribution in [0.4, 0.5) is 11.4 Å². The predicted molar refractivity (Wildman–Crippen MR) is 131 cm³/mol. The number of fused-ring (bicyclic) bond motifs is 7. The van der Waals surface area contributed by atoms with Gasteiger partial charge in [0.1, 0.15) is 0 Å². The Hall–Kier alpha value is -2.49. The minimum atomic E-state index is -0.165. The average Bonchev–Trinajstić information content (AvgIpc) is 3.44. The number of benzene rings is 3. The Morgan fingerprint density at radius 1 is 0.938 bits per heavy atom. The molecule has 3 aromatic rings. The van der Waals surface area contributed by atoms with E-state index >= 15 is 0 Å². The minimum Gasteiger partial charge on any atom is -0.378 e. The molecular formula is C27H24Cl2N2O. The van der Waals surface area contributed by atoms with Gasteiger partial charge in [0.05, 0.1) is 21.8 Å². The van der Waals surface area contributed by atoms with Gasteiger partial charge in [-0.3, -0.25) is 4.79 Å². The molecule has 32 heavy (non-hydrogen) atoms. The Labute approximate surface area is 198 Å². The van der Waals surface area contributed by atoms with Crippen LogP contribution < -0.4 is 10.6 Å². The van der Waals surface area contributed by atoms with Crippen LogP contribution in [-0.4, -0.2) is 5.91 Å². The van der Waals surface area contributed by atoms with E-state index in [2.05, 4.69) is 53.1 Å². The summed E-state index contributed by atoms with van der Waals surface area (Å²) in [5.41, 5.74) is 4.99. The van der Waals surface area contributed by atoms with Crippen LogP contribution in [0.25, 0.3) is 0 Å².